The van der Waals surface area contributed by atoms with Gasteiger partial charge in [-0.15, -0.1) is 0 Å². The van der Waals surface area contributed by atoms with Crippen molar-refractivity contribution >= 4 is 5.91 Å². The minimum absolute atomic E-state index is 0.539. The predicted molar refractivity (Wildman–Crippen MR) is 82.2 cm³/mol. The summed E-state index contributed by atoms with van der Waals surface area (Å²) in [5.41, 5.74) is 5.78. The monoisotopic (exact) mass is 382 g/mol. The summed E-state index contributed by atoms with van der Waals surface area (Å²) in [5.74, 6) is -0.539. The van der Waals surface area contributed by atoms with Gasteiger partial charge in [-0.1, -0.05) is 0 Å². The van der Waals surface area contributed by atoms with Crippen molar-refractivity contribution in [3.8, 4) is 0 Å². The Balaban J connectivity index is 2.16. The highest BCUT2D eigenvalue weighted by atomic mass is 16.7. The lowest BCUT2D eigenvalue weighted by Crippen LogP contribution is -2.68. The maximum absolute atomic E-state index is 11.3. The molecule has 0 spiro atoms. The fraction of sp³-hybridized carbons (Fsp3) is 0.929. The van der Waals surface area contributed by atoms with Gasteiger partial charge >= 0.3 is 0 Å². The summed E-state index contributed by atoms with van der Waals surface area (Å²) in [5, 5.41) is 61.1. The van der Waals surface area contributed by atoms with Crippen LogP contribution in [-0.4, -0.2) is 111 Å². The number of aliphatic hydroxyl groups is 6. The zero-order valence-electron chi connectivity index (χ0n) is 14.1. The quantitative estimate of drug-likeness (QED) is 0.225. The standard InChI is InChI=1S/C14H26N2O10/c1-4(19)16-8-11(22)12(6(3-18)24-13(8)23)26-14-7(15)10(21)9(20)5(2-17)25-14/h5-14,17-18,20-23H,2-3,15H2,1H3,(H,16,19). The normalized spacial score (nSPS) is 46.8. The number of carbonyl (C=O) groups excluding carboxylic acids is 1. The Bertz CT molecular complexity index is 481. The maximum atomic E-state index is 11.3. The molecular formula is C14H26N2O10. The van der Waals surface area contributed by atoms with E-state index in [-0.39, 0.29) is 0 Å². The molecule has 12 nitrogen and oxygen atoms in total. The Kier molecular flexibility index (Phi) is 7.27. The summed E-state index contributed by atoms with van der Waals surface area (Å²) < 4.78 is 16.0. The molecule has 1 amide bonds. The number of carbonyl (C=O) groups is 1. The maximum Gasteiger partial charge on any atom is 0.217 e. The molecule has 10 unspecified atom stereocenters. The fourth-order valence-corrected chi connectivity index (χ4v) is 3.02. The molecule has 9 N–H and O–H groups in total. The van der Waals surface area contributed by atoms with Gasteiger partial charge in [0.05, 0.1) is 19.3 Å². The molecule has 12 heteroatoms. The van der Waals surface area contributed by atoms with Crippen LogP contribution in [-0.2, 0) is 19.0 Å². The summed E-state index contributed by atoms with van der Waals surface area (Å²) in [4.78, 5) is 11.3. The molecule has 2 fully saturated rings. The van der Waals surface area contributed by atoms with Crippen molar-refractivity contribution in [3.63, 3.8) is 0 Å². The van der Waals surface area contributed by atoms with Crippen LogP contribution in [0.4, 0.5) is 0 Å². The van der Waals surface area contributed by atoms with E-state index in [4.69, 9.17) is 19.9 Å². The topological polar surface area (TPSA) is 204 Å². The third kappa shape index (κ3) is 4.31. The largest absolute Gasteiger partial charge is 0.394 e. The molecule has 10 atom stereocenters. The van der Waals surface area contributed by atoms with E-state index in [0.29, 0.717) is 0 Å². The molecule has 0 saturated carbocycles. The van der Waals surface area contributed by atoms with Crippen LogP contribution < -0.4 is 11.1 Å². The minimum atomic E-state index is -1.59. The van der Waals surface area contributed by atoms with Crippen LogP contribution in [0.1, 0.15) is 6.92 Å². The number of amides is 1. The Morgan fingerprint density at radius 1 is 1.04 bits per heavy atom. The van der Waals surface area contributed by atoms with E-state index in [1.165, 1.54) is 6.92 Å². The highest BCUT2D eigenvalue weighted by molar-refractivity contribution is 5.73. The second kappa shape index (κ2) is 8.84. The van der Waals surface area contributed by atoms with Gasteiger partial charge in [0.25, 0.3) is 0 Å². The van der Waals surface area contributed by atoms with Gasteiger partial charge in [0, 0.05) is 6.92 Å². The molecule has 0 aromatic carbocycles. The van der Waals surface area contributed by atoms with Crippen LogP contribution in [0.25, 0.3) is 0 Å². The molecule has 0 aliphatic carbocycles. The first-order valence-corrected chi connectivity index (χ1v) is 8.14. The second-order valence-corrected chi connectivity index (χ2v) is 6.35. The van der Waals surface area contributed by atoms with E-state index in [1.54, 1.807) is 0 Å². The predicted octanol–water partition coefficient (Wildman–Crippen LogP) is -5.29. The molecule has 2 rings (SSSR count). The van der Waals surface area contributed by atoms with Gasteiger partial charge in [-0.2, -0.15) is 0 Å². The van der Waals surface area contributed by atoms with Crippen LogP contribution >= 0.6 is 0 Å². The number of ether oxygens (including phenoxy) is 3. The molecule has 152 valence electrons. The van der Waals surface area contributed by atoms with E-state index in [2.05, 4.69) is 5.32 Å². The average molecular weight is 382 g/mol. The zero-order chi connectivity index (χ0) is 19.6. The highest BCUT2D eigenvalue weighted by Gasteiger charge is 2.50. The van der Waals surface area contributed by atoms with E-state index in [0.717, 1.165) is 0 Å². The summed E-state index contributed by atoms with van der Waals surface area (Å²) in [6.45, 7) is -0.0789. The molecule has 2 saturated heterocycles. The van der Waals surface area contributed by atoms with Gasteiger partial charge in [0.15, 0.2) is 12.6 Å². The molecular weight excluding hydrogens is 356 g/mol. The second-order valence-electron chi connectivity index (χ2n) is 6.35. The summed E-state index contributed by atoms with van der Waals surface area (Å²) in [7, 11) is 0. The Hall–Kier alpha value is -0.930. The molecule has 26 heavy (non-hydrogen) atoms. The third-order valence-electron chi connectivity index (χ3n) is 4.46. The van der Waals surface area contributed by atoms with Crippen molar-refractivity contribution in [2.24, 2.45) is 5.73 Å². The Labute approximate surface area is 149 Å². The zero-order valence-corrected chi connectivity index (χ0v) is 14.1. The van der Waals surface area contributed by atoms with E-state index < -0.39 is 80.4 Å². The van der Waals surface area contributed by atoms with Gasteiger partial charge in [0.2, 0.25) is 5.91 Å². The SMILES string of the molecule is CC(=O)NC1C(O)OC(CO)C(OC2OC(CO)C(O)C(O)C2N)C1O. The summed E-state index contributed by atoms with van der Waals surface area (Å²) in [6, 6.07) is -2.48. The Morgan fingerprint density at radius 2 is 1.65 bits per heavy atom. The molecule has 0 radical (unpaired) electrons. The van der Waals surface area contributed by atoms with Gasteiger partial charge in [-0.05, 0) is 0 Å². The molecule has 2 heterocycles. The highest BCUT2D eigenvalue weighted by Crippen LogP contribution is 2.28. The van der Waals surface area contributed by atoms with Crippen LogP contribution in [0.2, 0.25) is 0 Å². The van der Waals surface area contributed by atoms with Crippen molar-refractivity contribution in [1.29, 1.82) is 0 Å². The lowest BCUT2D eigenvalue weighted by atomic mass is 9.95. The van der Waals surface area contributed by atoms with Crippen molar-refractivity contribution in [1.82, 2.24) is 5.32 Å². The number of hydrogen-bond acceptors (Lipinski definition) is 11. The van der Waals surface area contributed by atoms with Gasteiger partial charge in [0.1, 0.15) is 42.7 Å². The van der Waals surface area contributed by atoms with Crippen LogP contribution in [0.15, 0.2) is 0 Å². The lowest BCUT2D eigenvalue weighted by molar-refractivity contribution is -0.325. The van der Waals surface area contributed by atoms with Crippen LogP contribution in [0.5, 0.6) is 0 Å². The molecule has 2 aliphatic heterocycles. The van der Waals surface area contributed by atoms with Gasteiger partial charge in [-0.3, -0.25) is 4.79 Å². The van der Waals surface area contributed by atoms with Crippen molar-refractivity contribution in [2.75, 3.05) is 13.2 Å². The third-order valence-corrected chi connectivity index (χ3v) is 4.46. The number of nitrogens with one attached hydrogen (secondary N) is 1. The summed E-state index contributed by atoms with van der Waals surface area (Å²) >= 11 is 0. The molecule has 0 aromatic rings. The lowest BCUT2D eigenvalue weighted by Gasteiger charge is -2.46. The van der Waals surface area contributed by atoms with Gasteiger partial charge < -0.3 is 55.9 Å². The minimum Gasteiger partial charge on any atom is -0.394 e. The number of aliphatic hydroxyl groups excluding tert-OH is 6. The van der Waals surface area contributed by atoms with Crippen molar-refractivity contribution in [3.05, 3.63) is 0 Å². The number of hydrogen-bond donors (Lipinski definition) is 8. The van der Waals surface area contributed by atoms with Crippen LogP contribution in [0, 0.1) is 0 Å². The first-order chi connectivity index (χ1) is 12.2. The number of nitrogens with two attached hydrogens (primary N) is 1. The average Bonchev–Trinajstić information content (AvgIpc) is 2.60. The molecule has 0 aromatic heterocycles. The van der Waals surface area contributed by atoms with Crippen LogP contribution in [0.3, 0.4) is 0 Å². The Morgan fingerprint density at radius 3 is 2.19 bits per heavy atom. The van der Waals surface area contributed by atoms with E-state index >= 15 is 0 Å². The smallest absolute Gasteiger partial charge is 0.217 e. The fourth-order valence-electron chi connectivity index (χ4n) is 3.02. The van der Waals surface area contributed by atoms with Crippen molar-refractivity contribution in [2.45, 2.75) is 68.2 Å². The van der Waals surface area contributed by atoms with Crippen molar-refractivity contribution < 1.29 is 49.6 Å². The van der Waals surface area contributed by atoms with E-state index in [1.807, 2.05) is 0 Å². The first-order valence-electron chi connectivity index (χ1n) is 8.14. The van der Waals surface area contributed by atoms with Gasteiger partial charge in [-0.25, -0.2) is 0 Å². The molecule has 0 bridgehead atoms. The van der Waals surface area contributed by atoms with E-state index in [9.17, 15) is 35.4 Å². The summed E-state index contributed by atoms with van der Waals surface area (Å²) in [6.07, 6.45) is -11.0. The number of rotatable bonds is 5. The first kappa shape index (κ1) is 21.4. The molecule has 2 aliphatic rings.